The average Bonchev–Trinajstić information content (AvgIpc) is 3.23. The van der Waals surface area contributed by atoms with E-state index >= 15 is 0 Å². The van der Waals surface area contributed by atoms with Crippen LogP contribution in [0.5, 0.6) is 0 Å². The first-order valence-electron chi connectivity index (χ1n) is 14.2. The third-order valence-electron chi connectivity index (χ3n) is 7.80. The van der Waals surface area contributed by atoms with E-state index in [2.05, 4.69) is 91.0 Å². The standard InChI is InChI=1S/C29H42BrN7O/c1-4-35-14-10-23(11-15-35)32-26-25(30)20-31-29-27(26)33-28(34-29)22-6-8-24(9-7-22)37-13-5-12-36(16-17-37)18-19-38-21(2)3/h6-9,20-21,23H,4-5,10-19H2,1-3H3,(H2,31,32,33,34). The molecule has 0 bridgehead atoms. The van der Waals surface area contributed by atoms with E-state index in [4.69, 9.17) is 9.72 Å². The number of nitrogens with zero attached hydrogens (tertiary/aromatic N) is 5. The second-order valence-electron chi connectivity index (χ2n) is 10.8. The van der Waals surface area contributed by atoms with Crippen LogP contribution < -0.4 is 10.2 Å². The maximum Gasteiger partial charge on any atom is 0.159 e. The van der Waals surface area contributed by atoms with Gasteiger partial charge in [-0.05, 0) is 86.4 Å². The summed E-state index contributed by atoms with van der Waals surface area (Å²) in [7, 11) is 0. The van der Waals surface area contributed by atoms with Gasteiger partial charge < -0.3 is 24.8 Å². The highest BCUT2D eigenvalue weighted by atomic mass is 79.9. The Labute approximate surface area is 235 Å². The van der Waals surface area contributed by atoms with Crippen molar-refractivity contribution in [3.05, 3.63) is 34.9 Å². The number of pyridine rings is 1. The molecule has 2 aliphatic heterocycles. The molecular weight excluding hydrogens is 542 g/mol. The van der Waals surface area contributed by atoms with E-state index in [1.165, 1.54) is 12.1 Å². The smallest absolute Gasteiger partial charge is 0.159 e. The number of anilines is 2. The minimum absolute atomic E-state index is 0.299. The lowest BCUT2D eigenvalue weighted by molar-refractivity contribution is 0.0604. The van der Waals surface area contributed by atoms with Crippen LogP contribution in [-0.2, 0) is 4.74 Å². The van der Waals surface area contributed by atoms with Crippen molar-refractivity contribution in [3.63, 3.8) is 0 Å². The minimum Gasteiger partial charge on any atom is -0.379 e. The molecule has 206 valence electrons. The first kappa shape index (κ1) is 27.4. The van der Waals surface area contributed by atoms with Crippen LogP contribution in [0.2, 0.25) is 0 Å². The van der Waals surface area contributed by atoms with Gasteiger partial charge in [0.05, 0.1) is 22.9 Å². The SMILES string of the molecule is CCN1CCC(Nc2c(Br)cnc3[nH]c(-c4ccc(N5CCCN(CCOC(C)C)CC5)cc4)nc23)CC1. The van der Waals surface area contributed by atoms with Gasteiger partial charge in [-0.15, -0.1) is 0 Å². The summed E-state index contributed by atoms with van der Waals surface area (Å²) in [5.74, 6) is 0.855. The topological polar surface area (TPSA) is 72.6 Å². The number of rotatable bonds is 9. The Morgan fingerprint density at radius 1 is 1.05 bits per heavy atom. The van der Waals surface area contributed by atoms with Crippen LogP contribution in [0.3, 0.4) is 0 Å². The molecule has 3 aromatic rings. The third-order valence-corrected chi connectivity index (χ3v) is 8.40. The van der Waals surface area contributed by atoms with Crippen LogP contribution in [0.4, 0.5) is 11.4 Å². The number of ether oxygens (including phenoxy) is 1. The lowest BCUT2D eigenvalue weighted by Crippen LogP contribution is -2.38. The van der Waals surface area contributed by atoms with Gasteiger partial charge in [-0.2, -0.15) is 0 Å². The molecule has 2 N–H and O–H groups in total. The number of imidazole rings is 1. The molecule has 0 amide bonds. The zero-order valence-corrected chi connectivity index (χ0v) is 24.6. The Bertz CT molecular complexity index is 1170. The molecule has 2 aromatic heterocycles. The van der Waals surface area contributed by atoms with Crippen molar-refractivity contribution in [2.24, 2.45) is 0 Å². The molecule has 1 aromatic carbocycles. The van der Waals surface area contributed by atoms with Crippen molar-refractivity contribution >= 4 is 38.5 Å². The Hall–Kier alpha value is -2.20. The van der Waals surface area contributed by atoms with Gasteiger partial charge in [0.2, 0.25) is 0 Å². The second kappa shape index (κ2) is 12.8. The first-order chi connectivity index (χ1) is 18.5. The highest BCUT2D eigenvalue weighted by Crippen LogP contribution is 2.33. The molecule has 4 heterocycles. The van der Waals surface area contributed by atoms with E-state index in [0.29, 0.717) is 12.1 Å². The summed E-state index contributed by atoms with van der Waals surface area (Å²) in [6.07, 6.45) is 5.62. The summed E-state index contributed by atoms with van der Waals surface area (Å²) in [5, 5.41) is 3.77. The Balaban J connectivity index is 1.25. The van der Waals surface area contributed by atoms with Crippen LogP contribution in [0, 0.1) is 0 Å². The summed E-state index contributed by atoms with van der Waals surface area (Å²) in [4.78, 5) is 20.6. The highest BCUT2D eigenvalue weighted by Gasteiger charge is 2.21. The molecule has 2 saturated heterocycles. The van der Waals surface area contributed by atoms with Crippen LogP contribution in [0.25, 0.3) is 22.6 Å². The number of halogens is 1. The molecule has 0 unspecified atom stereocenters. The Morgan fingerprint density at radius 3 is 2.58 bits per heavy atom. The summed E-state index contributed by atoms with van der Waals surface area (Å²) in [5.41, 5.74) is 5.09. The third kappa shape index (κ3) is 6.68. The number of nitrogens with one attached hydrogen (secondary N) is 2. The van der Waals surface area contributed by atoms with Gasteiger partial charge >= 0.3 is 0 Å². The predicted molar refractivity (Wildman–Crippen MR) is 160 cm³/mol. The fourth-order valence-corrected chi connectivity index (χ4v) is 5.91. The average molecular weight is 585 g/mol. The van der Waals surface area contributed by atoms with Gasteiger partial charge in [0, 0.05) is 62.8 Å². The molecule has 0 atom stereocenters. The van der Waals surface area contributed by atoms with E-state index < -0.39 is 0 Å². The number of H-pyrrole nitrogens is 1. The molecule has 2 aliphatic rings. The second-order valence-corrected chi connectivity index (χ2v) is 11.6. The van der Waals surface area contributed by atoms with E-state index in [1.54, 1.807) is 0 Å². The number of hydrogen-bond acceptors (Lipinski definition) is 7. The Kier molecular flexibility index (Phi) is 9.20. The van der Waals surface area contributed by atoms with Crippen molar-refractivity contribution in [1.82, 2.24) is 24.8 Å². The lowest BCUT2D eigenvalue weighted by atomic mass is 10.0. The van der Waals surface area contributed by atoms with Gasteiger partial charge in [-0.25, -0.2) is 9.97 Å². The molecule has 0 aliphatic carbocycles. The maximum absolute atomic E-state index is 5.76. The van der Waals surface area contributed by atoms with Crippen molar-refractivity contribution in [3.8, 4) is 11.4 Å². The maximum atomic E-state index is 5.76. The van der Waals surface area contributed by atoms with Crippen LogP contribution in [-0.4, -0.2) is 95.9 Å². The molecule has 5 rings (SSSR count). The number of aromatic amines is 1. The van der Waals surface area contributed by atoms with E-state index in [1.807, 2.05) is 6.20 Å². The number of aromatic nitrogens is 3. The van der Waals surface area contributed by atoms with E-state index in [9.17, 15) is 0 Å². The monoisotopic (exact) mass is 583 g/mol. The lowest BCUT2D eigenvalue weighted by Gasteiger charge is -2.32. The quantitative estimate of drug-likeness (QED) is 0.357. The van der Waals surface area contributed by atoms with Gasteiger partial charge in [0.15, 0.2) is 5.65 Å². The molecule has 0 spiro atoms. The van der Waals surface area contributed by atoms with E-state index in [-0.39, 0.29) is 0 Å². The van der Waals surface area contributed by atoms with Gasteiger partial charge in [-0.3, -0.25) is 4.90 Å². The zero-order valence-electron chi connectivity index (χ0n) is 23.0. The van der Waals surface area contributed by atoms with Crippen molar-refractivity contribution in [2.45, 2.75) is 52.2 Å². The number of likely N-dealkylation sites (tertiary alicyclic amines) is 1. The number of piperidine rings is 1. The summed E-state index contributed by atoms with van der Waals surface area (Å²) in [6, 6.07) is 9.25. The van der Waals surface area contributed by atoms with Gasteiger partial charge in [0.1, 0.15) is 11.3 Å². The van der Waals surface area contributed by atoms with Crippen molar-refractivity contribution in [1.29, 1.82) is 0 Å². The first-order valence-corrected chi connectivity index (χ1v) is 15.0. The number of fused-ring (bicyclic) bond motifs is 1. The zero-order chi connectivity index (χ0) is 26.5. The fraction of sp³-hybridized carbons (Fsp3) is 0.586. The summed E-state index contributed by atoms with van der Waals surface area (Å²) >= 11 is 3.71. The normalized spacial score (nSPS) is 18.4. The number of benzene rings is 1. The molecule has 38 heavy (non-hydrogen) atoms. The van der Waals surface area contributed by atoms with Gasteiger partial charge in [0.25, 0.3) is 0 Å². The van der Waals surface area contributed by atoms with Crippen LogP contribution in [0.1, 0.15) is 40.0 Å². The Morgan fingerprint density at radius 2 is 1.84 bits per heavy atom. The largest absolute Gasteiger partial charge is 0.379 e. The number of hydrogen-bond donors (Lipinski definition) is 2. The van der Waals surface area contributed by atoms with Crippen molar-refractivity contribution in [2.75, 3.05) is 69.2 Å². The van der Waals surface area contributed by atoms with E-state index in [0.717, 1.165) is 105 Å². The molecular formula is C29H42BrN7O. The van der Waals surface area contributed by atoms with Crippen LogP contribution in [0.15, 0.2) is 34.9 Å². The van der Waals surface area contributed by atoms with Gasteiger partial charge in [-0.1, -0.05) is 6.92 Å². The summed E-state index contributed by atoms with van der Waals surface area (Å²) < 4.78 is 6.72. The molecule has 2 fully saturated rings. The minimum atomic E-state index is 0.299. The molecule has 8 nitrogen and oxygen atoms in total. The predicted octanol–water partition coefficient (Wildman–Crippen LogP) is 5.22. The fourth-order valence-electron chi connectivity index (χ4n) is 5.50. The molecule has 9 heteroatoms. The molecule has 0 radical (unpaired) electrons. The highest BCUT2D eigenvalue weighted by molar-refractivity contribution is 9.10. The molecule has 0 saturated carbocycles. The van der Waals surface area contributed by atoms with Crippen molar-refractivity contribution < 1.29 is 4.74 Å². The summed E-state index contributed by atoms with van der Waals surface area (Å²) in [6.45, 7) is 16.0. The van der Waals surface area contributed by atoms with Crippen LogP contribution >= 0.6 is 15.9 Å².